The summed E-state index contributed by atoms with van der Waals surface area (Å²) in [6.07, 6.45) is 0.118. The van der Waals surface area contributed by atoms with E-state index in [0.29, 0.717) is 26.2 Å². The van der Waals surface area contributed by atoms with Crippen molar-refractivity contribution in [3.8, 4) is 5.75 Å². The number of hydrogen-bond donors (Lipinski definition) is 0. The standard InChI is InChI=1S/C15H24N2O3S/c1-4-21(18,19)17-11-9-16(10-12-17)14-7-5-6-8-15(14)20-13(2)3/h5-8,13H,4,9-12H2,1-3H3. The molecule has 1 aliphatic heterocycles. The Morgan fingerprint density at radius 1 is 1.14 bits per heavy atom. The minimum atomic E-state index is -3.08. The molecule has 0 spiro atoms. The summed E-state index contributed by atoms with van der Waals surface area (Å²) in [7, 11) is -3.08. The molecule has 0 bridgehead atoms. The van der Waals surface area contributed by atoms with Gasteiger partial charge in [-0.05, 0) is 32.9 Å². The number of nitrogens with zero attached hydrogens (tertiary/aromatic N) is 2. The highest BCUT2D eigenvalue weighted by Gasteiger charge is 2.26. The number of benzene rings is 1. The quantitative estimate of drug-likeness (QED) is 0.834. The number of hydrogen-bond acceptors (Lipinski definition) is 4. The summed E-state index contributed by atoms with van der Waals surface area (Å²) in [6, 6.07) is 7.93. The van der Waals surface area contributed by atoms with Gasteiger partial charge in [-0.3, -0.25) is 0 Å². The van der Waals surface area contributed by atoms with Crippen LogP contribution in [0, 0.1) is 0 Å². The van der Waals surface area contributed by atoms with E-state index in [0.717, 1.165) is 11.4 Å². The van der Waals surface area contributed by atoms with Crippen LogP contribution in [-0.2, 0) is 10.0 Å². The predicted molar refractivity (Wildman–Crippen MR) is 85.5 cm³/mol. The second kappa shape index (κ2) is 6.66. The van der Waals surface area contributed by atoms with Gasteiger partial charge in [0.15, 0.2) is 0 Å². The summed E-state index contributed by atoms with van der Waals surface area (Å²) in [6.45, 7) is 8.15. The van der Waals surface area contributed by atoms with Crippen molar-refractivity contribution >= 4 is 15.7 Å². The van der Waals surface area contributed by atoms with Crippen LogP contribution in [0.5, 0.6) is 5.75 Å². The molecule has 0 amide bonds. The van der Waals surface area contributed by atoms with Crippen molar-refractivity contribution in [2.45, 2.75) is 26.9 Å². The molecule has 1 fully saturated rings. The molecule has 0 saturated carbocycles. The van der Waals surface area contributed by atoms with Crippen LogP contribution in [0.25, 0.3) is 0 Å². The SMILES string of the molecule is CCS(=O)(=O)N1CCN(c2ccccc2OC(C)C)CC1. The van der Waals surface area contributed by atoms with E-state index in [1.807, 2.05) is 38.1 Å². The van der Waals surface area contributed by atoms with Gasteiger partial charge in [-0.2, -0.15) is 4.31 Å². The fourth-order valence-electron chi connectivity index (χ4n) is 2.46. The van der Waals surface area contributed by atoms with Gasteiger partial charge in [0, 0.05) is 26.2 Å². The van der Waals surface area contributed by atoms with E-state index in [9.17, 15) is 8.42 Å². The number of rotatable bonds is 5. The van der Waals surface area contributed by atoms with Gasteiger partial charge < -0.3 is 9.64 Å². The molecule has 1 aromatic rings. The zero-order valence-electron chi connectivity index (χ0n) is 12.9. The lowest BCUT2D eigenvalue weighted by Crippen LogP contribution is -2.49. The van der Waals surface area contributed by atoms with Crippen molar-refractivity contribution < 1.29 is 13.2 Å². The predicted octanol–water partition coefficient (Wildman–Crippen LogP) is 1.95. The summed E-state index contributed by atoms with van der Waals surface area (Å²) in [5, 5.41) is 0. The van der Waals surface area contributed by atoms with Gasteiger partial charge >= 0.3 is 0 Å². The minimum Gasteiger partial charge on any atom is -0.489 e. The lowest BCUT2D eigenvalue weighted by Gasteiger charge is -2.36. The van der Waals surface area contributed by atoms with Gasteiger partial charge in [-0.25, -0.2) is 8.42 Å². The van der Waals surface area contributed by atoms with Crippen LogP contribution in [0.2, 0.25) is 0 Å². The third-order valence-electron chi connectivity index (χ3n) is 3.57. The molecule has 1 aromatic carbocycles. The molecule has 2 rings (SSSR count). The van der Waals surface area contributed by atoms with Crippen molar-refractivity contribution in [2.75, 3.05) is 36.8 Å². The monoisotopic (exact) mass is 312 g/mol. The first-order valence-electron chi connectivity index (χ1n) is 7.42. The van der Waals surface area contributed by atoms with Gasteiger partial charge in [0.1, 0.15) is 5.75 Å². The lowest BCUT2D eigenvalue weighted by molar-refractivity contribution is 0.242. The molecule has 0 N–H and O–H groups in total. The zero-order chi connectivity index (χ0) is 15.5. The molecule has 21 heavy (non-hydrogen) atoms. The highest BCUT2D eigenvalue weighted by molar-refractivity contribution is 7.89. The van der Waals surface area contributed by atoms with Crippen LogP contribution in [0.1, 0.15) is 20.8 Å². The molecular formula is C15H24N2O3S. The Labute approximate surface area is 127 Å². The summed E-state index contributed by atoms with van der Waals surface area (Å²) in [5.41, 5.74) is 1.04. The maximum atomic E-state index is 11.9. The third-order valence-corrected chi connectivity index (χ3v) is 5.45. The van der Waals surface area contributed by atoms with Gasteiger partial charge in [-0.15, -0.1) is 0 Å². The van der Waals surface area contributed by atoms with Crippen LogP contribution in [0.15, 0.2) is 24.3 Å². The van der Waals surface area contributed by atoms with Crippen LogP contribution in [-0.4, -0.2) is 50.8 Å². The first kappa shape index (κ1) is 16.1. The molecule has 0 radical (unpaired) electrons. The maximum Gasteiger partial charge on any atom is 0.213 e. The summed E-state index contributed by atoms with van der Waals surface area (Å²) in [5.74, 6) is 1.03. The van der Waals surface area contributed by atoms with Crippen LogP contribution >= 0.6 is 0 Å². The molecular weight excluding hydrogens is 288 g/mol. The summed E-state index contributed by atoms with van der Waals surface area (Å²) < 4.78 is 31.2. The third kappa shape index (κ3) is 3.89. The first-order chi connectivity index (χ1) is 9.94. The van der Waals surface area contributed by atoms with Crippen molar-refractivity contribution in [3.05, 3.63) is 24.3 Å². The number of sulfonamides is 1. The topological polar surface area (TPSA) is 49.9 Å². The molecule has 5 nitrogen and oxygen atoms in total. The van der Waals surface area contributed by atoms with Gasteiger partial charge in [0.2, 0.25) is 10.0 Å². The highest BCUT2D eigenvalue weighted by atomic mass is 32.2. The van der Waals surface area contributed by atoms with Gasteiger partial charge in [0.05, 0.1) is 17.5 Å². The zero-order valence-corrected chi connectivity index (χ0v) is 13.8. The average molecular weight is 312 g/mol. The minimum absolute atomic E-state index is 0.118. The van der Waals surface area contributed by atoms with Crippen LogP contribution in [0.3, 0.4) is 0 Å². The van der Waals surface area contributed by atoms with Crippen molar-refractivity contribution in [1.29, 1.82) is 0 Å². The fraction of sp³-hybridized carbons (Fsp3) is 0.600. The van der Waals surface area contributed by atoms with Crippen LogP contribution < -0.4 is 9.64 Å². The lowest BCUT2D eigenvalue weighted by atomic mass is 10.2. The van der Waals surface area contributed by atoms with Crippen molar-refractivity contribution in [3.63, 3.8) is 0 Å². The Morgan fingerprint density at radius 3 is 2.33 bits per heavy atom. The van der Waals surface area contributed by atoms with Crippen molar-refractivity contribution in [1.82, 2.24) is 4.31 Å². The van der Waals surface area contributed by atoms with Gasteiger partial charge in [-0.1, -0.05) is 12.1 Å². The molecule has 6 heteroatoms. The Morgan fingerprint density at radius 2 is 1.76 bits per heavy atom. The number of piperazine rings is 1. The second-order valence-electron chi connectivity index (χ2n) is 5.42. The van der Waals surface area contributed by atoms with Crippen LogP contribution in [0.4, 0.5) is 5.69 Å². The second-order valence-corrected chi connectivity index (χ2v) is 7.68. The van der Waals surface area contributed by atoms with Gasteiger partial charge in [0.25, 0.3) is 0 Å². The summed E-state index contributed by atoms with van der Waals surface area (Å²) >= 11 is 0. The van der Waals surface area contributed by atoms with E-state index in [1.165, 1.54) is 0 Å². The van der Waals surface area contributed by atoms with E-state index in [-0.39, 0.29) is 11.9 Å². The fourth-order valence-corrected chi connectivity index (χ4v) is 3.55. The van der Waals surface area contributed by atoms with E-state index >= 15 is 0 Å². The average Bonchev–Trinajstić information content (AvgIpc) is 2.47. The van der Waals surface area contributed by atoms with Crippen molar-refractivity contribution in [2.24, 2.45) is 0 Å². The molecule has 0 unspecified atom stereocenters. The summed E-state index contributed by atoms with van der Waals surface area (Å²) in [4.78, 5) is 2.19. The maximum absolute atomic E-state index is 11.9. The van der Waals surface area contributed by atoms with E-state index in [4.69, 9.17) is 4.74 Å². The molecule has 0 atom stereocenters. The molecule has 0 aliphatic carbocycles. The molecule has 0 aromatic heterocycles. The Bertz CT molecular complexity index is 564. The number of para-hydroxylation sites is 2. The normalized spacial score (nSPS) is 17.2. The Balaban J connectivity index is 2.09. The van der Waals surface area contributed by atoms with E-state index in [1.54, 1.807) is 11.2 Å². The first-order valence-corrected chi connectivity index (χ1v) is 9.03. The molecule has 118 valence electrons. The largest absolute Gasteiger partial charge is 0.489 e. The highest BCUT2D eigenvalue weighted by Crippen LogP contribution is 2.29. The molecule has 1 aliphatic rings. The Kier molecular flexibility index (Phi) is 5.11. The molecule has 1 heterocycles. The van der Waals surface area contributed by atoms with E-state index in [2.05, 4.69) is 4.90 Å². The number of ether oxygens (including phenoxy) is 1. The Hall–Kier alpha value is -1.27. The smallest absolute Gasteiger partial charge is 0.213 e. The molecule has 1 saturated heterocycles. The number of anilines is 1. The van der Waals surface area contributed by atoms with E-state index < -0.39 is 10.0 Å².